The summed E-state index contributed by atoms with van der Waals surface area (Å²) in [5.41, 5.74) is 0. The van der Waals surface area contributed by atoms with Crippen molar-refractivity contribution in [3.63, 3.8) is 0 Å². The van der Waals surface area contributed by atoms with Crippen LogP contribution in [0, 0.1) is 0 Å². The molecule has 5 heteroatoms. The van der Waals surface area contributed by atoms with Crippen molar-refractivity contribution in [2.24, 2.45) is 4.99 Å². The van der Waals surface area contributed by atoms with E-state index < -0.39 is 0 Å². The molecule has 3 nitrogen and oxygen atoms in total. The fourth-order valence-electron chi connectivity index (χ4n) is 1.10. The third-order valence-electron chi connectivity index (χ3n) is 1.81. The van der Waals surface area contributed by atoms with Gasteiger partial charge in [-0.05, 0) is 12.2 Å². The predicted molar refractivity (Wildman–Crippen MR) is 53.3 cm³/mol. The van der Waals surface area contributed by atoms with Gasteiger partial charge in [0.25, 0.3) is 0 Å². The van der Waals surface area contributed by atoms with Crippen molar-refractivity contribution in [2.45, 2.75) is 6.04 Å². The number of nitrogens with zero attached hydrogens (tertiary/aromatic N) is 3. The zero-order valence-corrected chi connectivity index (χ0v) is 7.94. The third-order valence-corrected chi connectivity index (χ3v) is 3.14. The topological polar surface area (TPSA) is 30.2 Å². The second-order valence-corrected chi connectivity index (χ2v) is 3.79. The Morgan fingerprint density at radius 3 is 3.17 bits per heavy atom. The van der Waals surface area contributed by atoms with E-state index in [0.29, 0.717) is 12.0 Å². The lowest BCUT2D eigenvalue weighted by Gasteiger charge is -2.26. The highest BCUT2D eigenvalue weighted by Crippen LogP contribution is 2.31. The summed E-state index contributed by atoms with van der Waals surface area (Å²) in [6.07, 6.45) is 3.68. The quantitative estimate of drug-likeness (QED) is 0.536. The first-order valence-corrected chi connectivity index (χ1v) is 5.16. The summed E-state index contributed by atoms with van der Waals surface area (Å²) in [5.74, 6) is 2.97. The summed E-state index contributed by atoms with van der Waals surface area (Å²) in [6, 6.07) is 0.555. The first kappa shape index (κ1) is 7.98. The Morgan fingerprint density at radius 1 is 1.75 bits per heavy atom. The SMILES string of the molecule is S=C=Nc1nccn1C1CSC1. The van der Waals surface area contributed by atoms with Gasteiger partial charge in [-0.2, -0.15) is 16.8 Å². The first-order valence-electron chi connectivity index (χ1n) is 3.60. The average Bonchev–Trinajstić information content (AvgIpc) is 2.35. The fourth-order valence-corrected chi connectivity index (χ4v) is 1.95. The predicted octanol–water partition coefficient (Wildman–Crippen LogP) is 1.91. The normalized spacial score (nSPS) is 16.7. The molecule has 0 aromatic carbocycles. The monoisotopic (exact) mass is 197 g/mol. The zero-order chi connectivity index (χ0) is 8.39. The molecule has 0 atom stereocenters. The van der Waals surface area contributed by atoms with Gasteiger partial charge in [-0.1, -0.05) is 0 Å². The molecule has 1 saturated heterocycles. The van der Waals surface area contributed by atoms with Crippen LogP contribution in [0.15, 0.2) is 17.4 Å². The van der Waals surface area contributed by atoms with Gasteiger partial charge in [-0.25, -0.2) is 4.98 Å². The zero-order valence-electron chi connectivity index (χ0n) is 6.30. The van der Waals surface area contributed by atoms with Crippen molar-refractivity contribution >= 4 is 35.1 Å². The van der Waals surface area contributed by atoms with Crippen LogP contribution < -0.4 is 0 Å². The molecule has 0 spiro atoms. The van der Waals surface area contributed by atoms with Gasteiger partial charge in [0.1, 0.15) is 0 Å². The van der Waals surface area contributed by atoms with Gasteiger partial charge in [0.2, 0.25) is 5.95 Å². The molecule has 62 valence electrons. The fraction of sp³-hybridized carbons (Fsp3) is 0.429. The van der Waals surface area contributed by atoms with E-state index in [1.54, 1.807) is 6.20 Å². The first-order chi connectivity index (χ1) is 5.92. The summed E-state index contributed by atoms with van der Waals surface area (Å²) >= 11 is 6.46. The second-order valence-electron chi connectivity index (χ2n) is 2.53. The van der Waals surface area contributed by atoms with E-state index in [4.69, 9.17) is 0 Å². The van der Waals surface area contributed by atoms with Gasteiger partial charge in [-0.3, -0.25) is 0 Å². The summed E-state index contributed by atoms with van der Waals surface area (Å²) in [6.45, 7) is 0. The number of rotatable bonds is 2. The smallest absolute Gasteiger partial charge is 0.238 e. The molecule has 0 amide bonds. The summed E-state index contributed by atoms with van der Waals surface area (Å²) in [4.78, 5) is 7.94. The minimum atomic E-state index is 0.555. The molecule has 1 fully saturated rings. The number of aromatic nitrogens is 2. The number of aliphatic imine (C=N–C) groups is 1. The van der Waals surface area contributed by atoms with Gasteiger partial charge in [0, 0.05) is 23.9 Å². The molecule has 1 aliphatic heterocycles. The van der Waals surface area contributed by atoms with Crippen molar-refractivity contribution in [3.05, 3.63) is 12.4 Å². The highest BCUT2D eigenvalue weighted by molar-refractivity contribution is 8.00. The molecule has 0 bridgehead atoms. The van der Waals surface area contributed by atoms with Crippen molar-refractivity contribution in [1.82, 2.24) is 9.55 Å². The summed E-state index contributed by atoms with van der Waals surface area (Å²) < 4.78 is 2.05. The highest BCUT2D eigenvalue weighted by atomic mass is 32.2. The lowest BCUT2D eigenvalue weighted by Crippen LogP contribution is -2.21. The molecule has 1 aromatic heterocycles. The Labute approximate surface area is 79.9 Å². The molecule has 1 aliphatic rings. The van der Waals surface area contributed by atoms with Crippen LogP contribution in [0.4, 0.5) is 5.95 Å². The van der Waals surface area contributed by atoms with Crippen LogP contribution in [0.25, 0.3) is 0 Å². The molecular formula is C7H7N3S2. The Morgan fingerprint density at radius 2 is 2.58 bits per heavy atom. The number of thioether (sulfide) groups is 1. The Kier molecular flexibility index (Phi) is 2.26. The van der Waals surface area contributed by atoms with Gasteiger partial charge in [-0.15, -0.1) is 0 Å². The van der Waals surface area contributed by atoms with Gasteiger partial charge in [0.15, 0.2) is 0 Å². The minimum Gasteiger partial charge on any atom is -0.310 e. The largest absolute Gasteiger partial charge is 0.310 e. The lowest BCUT2D eigenvalue weighted by atomic mass is 10.4. The van der Waals surface area contributed by atoms with Crippen LogP contribution >= 0.6 is 24.0 Å². The third kappa shape index (κ3) is 1.31. The second kappa shape index (κ2) is 3.39. The number of hydrogen-bond acceptors (Lipinski definition) is 4. The number of isothiocyanates is 1. The molecule has 0 aliphatic carbocycles. The standard InChI is InChI=1S/C7H7N3S2/c11-5-9-7-8-1-2-10(7)6-3-12-4-6/h1-2,6H,3-4H2. The van der Waals surface area contributed by atoms with Crippen molar-refractivity contribution in [3.8, 4) is 0 Å². The number of imidazole rings is 1. The molecule has 0 N–H and O–H groups in total. The van der Waals surface area contributed by atoms with Crippen LogP contribution in [0.5, 0.6) is 0 Å². The molecule has 0 unspecified atom stereocenters. The van der Waals surface area contributed by atoms with E-state index in [9.17, 15) is 0 Å². The van der Waals surface area contributed by atoms with Crippen LogP contribution in [-0.2, 0) is 0 Å². The average molecular weight is 197 g/mol. The summed E-state index contributed by atoms with van der Waals surface area (Å²) in [7, 11) is 0. The van der Waals surface area contributed by atoms with Crippen LogP contribution in [0.1, 0.15) is 6.04 Å². The number of thiocarbonyl (C=S) groups is 1. The van der Waals surface area contributed by atoms with Crippen LogP contribution in [0.3, 0.4) is 0 Å². The molecule has 2 rings (SSSR count). The van der Waals surface area contributed by atoms with E-state index in [1.165, 1.54) is 0 Å². The van der Waals surface area contributed by atoms with Crippen molar-refractivity contribution in [2.75, 3.05) is 11.5 Å². The highest BCUT2D eigenvalue weighted by Gasteiger charge is 2.21. The molecule has 0 saturated carbocycles. The summed E-state index contributed by atoms with van der Waals surface area (Å²) in [5, 5.41) is 2.33. The van der Waals surface area contributed by atoms with Gasteiger partial charge >= 0.3 is 0 Å². The maximum absolute atomic E-state index is 4.53. The Hall–Kier alpha value is -0.640. The molecule has 2 heterocycles. The lowest BCUT2D eigenvalue weighted by molar-refractivity contribution is 0.597. The molecular weight excluding hydrogens is 190 g/mol. The van der Waals surface area contributed by atoms with Crippen molar-refractivity contribution in [1.29, 1.82) is 0 Å². The van der Waals surface area contributed by atoms with Crippen molar-refractivity contribution < 1.29 is 0 Å². The van der Waals surface area contributed by atoms with E-state index in [-0.39, 0.29) is 0 Å². The maximum atomic E-state index is 4.53. The molecule has 12 heavy (non-hydrogen) atoms. The van der Waals surface area contributed by atoms with Crippen LogP contribution in [0.2, 0.25) is 0 Å². The molecule has 0 radical (unpaired) electrons. The van der Waals surface area contributed by atoms with Gasteiger partial charge < -0.3 is 4.57 Å². The minimum absolute atomic E-state index is 0.555. The molecule has 1 aromatic rings. The van der Waals surface area contributed by atoms with Crippen LogP contribution in [-0.4, -0.2) is 26.2 Å². The Bertz CT molecular complexity index is 323. The van der Waals surface area contributed by atoms with E-state index in [0.717, 1.165) is 11.5 Å². The van der Waals surface area contributed by atoms with E-state index in [1.807, 2.05) is 18.0 Å². The van der Waals surface area contributed by atoms with Gasteiger partial charge in [0.05, 0.1) is 11.2 Å². The maximum Gasteiger partial charge on any atom is 0.238 e. The number of hydrogen-bond donors (Lipinski definition) is 0. The Balaban J connectivity index is 2.28. The van der Waals surface area contributed by atoms with E-state index in [2.05, 4.69) is 31.9 Å². The van der Waals surface area contributed by atoms with E-state index >= 15 is 0 Å².